The van der Waals surface area contributed by atoms with E-state index in [4.69, 9.17) is 9.47 Å². The van der Waals surface area contributed by atoms with Gasteiger partial charge in [0.1, 0.15) is 11.4 Å². The first-order valence-corrected chi connectivity index (χ1v) is 10.9. The van der Waals surface area contributed by atoms with E-state index in [9.17, 15) is 19.2 Å². The number of thiophene rings is 1. The van der Waals surface area contributed by atoms with Gasteiger partial charge in [-0.05, 0) is 29.8 Å². The summed E-state index contributed by atoms with van der Waals surface area (Å²) >= 11 is 1.40. The van der Waals surface area contributed by atoms with Crippen molar-refractivity contribution in [2.24, 2.45) is 0 Å². The van der Waals surface area contributed by atoms with Gasteiger partial charge in [-0.3, -0.25) is 14.2 Å². The number of nitrogens with zero attached hydrogens (tertiary/aromatic N) is 2. The predicted octanol–water partition coefficient (Wildman–Crippen LogP) is 3.34. The van der Waals surface area contributed by atoms with Gasteiger partial charge in [-0.25, -0.2) is 14.6 Å². The van der Waals surface area contributed by atoms with Crippen molar-refractivity contribution >= 4 is 45.1 Å². The van der Waals surface area contributed by atoms with Crippen LogP contribution in [0.2, 0.25) is 0 Å². The summed E-state index contributed by atoms with van der Waals surface area (Å²) in [4.78, 5) is 55.3. The van der Waals surface area contributed by atoms with Crippen LogP contribution >= 0.6 is 11.3 Å². The third-order valence-electron chi connectivity index (χ3n) is 4.95. The first-order chi connectivity index (χ1) is 16.4. The summed E-state index contributed by atoms with van der Waals surface area (Å²) in [6, 6.07) is 15.4. The van der Waals surface area contributed by atoms with E-state index in [0.717, 1.165) is 10.4 Å². The van der Waals surface area contributed by atoms with Crippen molar-refractivity contribution in [2.75, 3.05) is 19.5 Å². The summed E-state index contributed by atoms with van der Waals surface area (Å²) in [5.74, 6) is -1.91. The lowest BCUT2D eigenvalue weighted by molar-refractivity contribution is -0.116. The molecule has 2 heterocycles. The number of fused-ring (bicyclic) bond motifs is 1. The molecule has 10 heteroatoms. The zero-order chi connectivity index (χ0) is 24.2. The van der Waals surface area contributed by atoms with Gasteiger partial charge in [0, 0.05) is 10.6 Å². The number of nitrogens with one attached hydrogen (secondary N) is 1. The van der Waals surface area contributed by atoms with E-state index in [1.165, 1.54) is 54.6 Å². The molecule has 0 saturated heterocycles. The molecular formula is C24H19N3O6S. The Morgan fingerprint density at radius 2 is 1.62 bits per heavy atom. The van der Waals surface area contributed by atoms with Crippen LogP contribution in [0.25, 0.3) is 20.7 Å². The number of hydrogen-bond donors (Lipinski definition) is 1. The normalized spacial score (nSPS) is 10.6. The minimum Gasteiger partial charge on any atom is -0.465 e. The number of anilines is 1. The number of carbonyl (C=O) groups excluding carboxylic acids is 3. The smallest absolute Gasteiger partial charge is 0.337 e. The summed E-state index contributed by atoms with van der Waals surface area (Å²) in [6.07, 6.45) is 1.32. The number of esters is 2. The Labute approximate surface area is 197 Å². The summed E-state index contributed by atoms with van der Waals surface area (Å²) < 4.78 is 10.6. The van der Waals surface area contributed by atoms with E-state index in [2.05, 4.69) is 10.3 Å². The summed E-state index contributed by atoms with van der Waals surface area (Å²) in [7, 11) is 2.41. The molecule has 0 aliphatic rings. The predicted molar refractivity (Wildman–Crippen MR) is 127 cm³/mol. The van der Waals surface area contributed by atoms with Crippen LogP contribution in [0.4, 0.5) is 5.69 Å². The molecule has 9 nitrogen and oxygen atoms in total. The second-order valence-corrected chi connectivity index (χ2v) is 8.23. The van der Waals surface area contributed by atoms with Gasteiger partial charge < -0.3 is 14.8 Å². The Hall–Kier alpha value is -4.31. The van der Waals surface area contributed by atoms with Gasteiger partial charge in [0.05, 0.1) is 37.1 Å². The van der Waals surface area contributed by atoms with Crippen LogP contribution in [0.1, 0.15) is 20.7 Å². The molecule has 0 fully saturated rings. The zero-order valence-corrected chi connectivity index (χ0v) is 19.0. The third kappa shape index (κ3) is 4.71. The summed E-state index contributed by atoms with van der Waals surface area (Å²) in [5.41, 5.74) is 0.927. The van der Waals surface area contributed by atoms with Gasteiger partial charge in [-0.2, -0.15) is 0 Å². The fourth-order valence-corrected chi connectivity index (χ4v) is 4.34. The quantitative estimate of drug-likeness (QED) is 0.423. The molecule has 4 rings (SSSR count). The number of rotatable bonds is 6. The number of methoxy groups -OCH3 is 2. The maximum atomic E-state index is 13.0. The van der Waals surface area contributed by atoms with Crippen LogP contribution in [-0.2, 0) is 20.8 Å². The monoisotopic (exact) mass is 477 g/mol. The lowest BCUT2D eigenvalue weighted by Crippen LogP contribution is -2.27. The first-order valence-electron chi connectivity index (χ1n) is 10.1. The average molecular weight is 477 g/mol. The highest BCUT2D eigenvalue weighted by molar-refractivity contribution is 7.21. The Kier molecular flexibility index (Phi) is 6.51. The van der Waals surface area contributed by atoms with Crippen LogP contribution in [0.5, 0.6) is 0 Å². The molecule has 0 unspecified atom stereocenters. The SMILES string of the molecule is COC(=O)c1cc(NC(=O)Cn2cnc3sc(-c4ccccc4)cc3c2=O)cc(C(=O)OC)c1. The number of amides is 1. The zero-order valence-electron chi connectivity index (χ0n) is 18.2. The van der Waals surface area contributed by atoms with E-state index < -0.39 is 17.8 Å². The van der Waals surface area contributed by atoms with Gasteiger partial charge >= 0.3 is 11.9 Å². The van der Waals surface area contributed by atoms with Crippen molar-refractivity contribution in [3.05, 3.63) is 82.4 Å². The third-order valence-corrected chi connectivity index (χ3v) is 6.04. The highest BCUT2D eigenvalue weighted by Crippen LogP contribution is 2.30. The lowest BCUT2D eigenvalue weighted by Gasteiger charge is -2.10. The van der Waals surface area contributed by atoms with Crippen molar-refractivity contribution in [3.8, 4) is 10.4 Å². The van der Waals surface area contributed by atoms with Crippen LogP contribution < -0.4 is 10.9 Å². The van der Waals surface area contributed by atoms with E-state index >= 15 is 0 Å². The van der Waals surface area contributed by atoms with Gasteiger partial charge in [0.25, 0.3) is 5.56 Å². The molecule has 0 spiro atoms. The first kappa shape index (κ1) is 22.9. The molecule has 34 heavy (non-hydrogen) atoms. The van der Waals surface area contributed by atoms with Crippen LogP contribution in [0, 0.1) is 0 Å². The molecule has 1 amide bonds. The highest BCUT2D eigenvalue weighted by Gasteiger charge is 2.16. The van der Waals surface area contributed by atoms with Gasteiger partial charge in [0.15, 0.2) is 0 Å². The Bertz CT molecular complexity index is 1420. The summed E-state index contributed by atoms with van der Waals surface area (Å²) in [5, 5.41) is 3.01. The van der Waals surface area contributed by atoms with Gasteiger partial charge in [-0.1, -0.05) is 30.3 Å². The van der Waals surface area contributed by atoms with Gasteiger partial charge in [0.2, 0.25) is 5.91 Å². The maximum absolute atomic E-state index is 13.0. The maximum Gasteiger partial charge on any atom is 0.337 e. The van der Waals surface area contributed by atoms with Crippen molar-refractivity contribution in [3.63, 3.8) is 0 Å². The molecule has 1 N–H and O–H groups in total. The number of carbonyl (C=O) groups is 3. The van der Waals surface area contributed by atoms with Crippen LogP contribution in [0.3, 0.4) is 0 Å². The van der Waals surface area contributed by atoms with E-state index in [1.807, 2.05) is 30.3 Å². The molecule has 4 aromatic rings. The van der Waals surface area contributed by atoms with Gasteiger partial charge in [-0.15, -0.1) is 11.3 Å². The van der Waals surface area contributed by atoms with Crippen molar-refractivity contribution in [1.29, 1.82) is 0 Å². The molecule has 0 radical (unpaired) electrons. The van der Waals surface area contributed by atoms with E-state index in [0.29, 0.717) is 10.2 Å². The van der Waals surface area contributed by atoms with E-state index in [-0.39, 0.29) is 28.9 Å². The number of benzene rings is 2. The van der Waals surface area contributed by atoms with Crippen molar-refractivity contribution < 1.29 is 23.9 Å². The Morgan fingerprint density at radius 1 is 0.971 bits per heavy atom. The van der Waals surface area contributed by atoms with Crippen LogP contribution in [-0.4, -0.2) is 41.6 Å². The fraction of sp³-hybridized carbons (Fsp3) is 0.125. The second-order valence-electron chi connectivity index (χ2n) is 7.20. The topological polar surface area (TPSA) is 117 Å². The Morgan fingerprint density at radius 3 is 2.24 bits per heavy atom. The average Bonchev–Trinajstić information content (AvgIpc) is 3.30. The molecule has 0 atom stereocenters. The van der Waals surface area contributed by atoms with Crippen molar-refractivity contribution in [2.45, 2.75) is 6.54 Å². The second kappa shape index (κ2) is 9.67. The minimum absolute atomic E-state index is 0.0627. The number of hydrogen-bond acceptors (Lipinski definition) is 8. The molecule has 0 bridgehead atoms. The molecule has 2 aromatic carbocycles. The number of aromatic nitrogens is 2. The molecule has 0 aliphatic heterocycles. The number of ether oxygens (including phenoxy) is 2. The Balaban J connectivity index is 1.59. The van der Waals surface area contributed by atoms with Crippen molar-refractivity contribution in [1.82, 2.24) is 9.55 Å². The highest BCUT2D eigenvalue weighted by atomic mass is 32.1. The minimum atomic E-state index is -0.682. The summed E-state index contributed by atoms with van der Waals surface area (Å²) in [6.45, 7) is -0.311. The lowest BCUT2D eigenvalue weighted by atomic mass is 10.1. The molecular weight excluding hydrogens is 458 g/mol. The van der Waals surface area contributed by atoms with Crippen LogP contribution in [0.15, 0.2) is 65.7 Å². The largest absolute Gasteiger partial charge is 0.465 e. The molecule has 0 aliphatic carbocycles. The van der Waals surface area contributed by atoms with E-state index in [1.54, 1.807) is 6.07 Å². The standard InChI is InChI=1S/C24H19N3O6S/c1-32-23(30)15-8-16(24(31)33-2)10-17(9-15)26-20(28)12-27-13-25-21-18(22(27)29)11-19(34-21)14-6-4-3-5-7-14/h3-11,13H,12H2,1-2H3,(H,26,28). The molecule has 172 valence electrons. The fourth-order valence-electron chi connectivity index (χ4n) is 3.34. The molecule has 2 aromatic heterocycles. The molecule has 0 saturated carbocycles.